The van der Waals surface area contributed by atoms with Crippen molar-refractivity contribution >= 4 is 11.9 Å². The Morgan fingerprint density at radius 1 is 0.962 bits per heavy atom. The summed E-state index contributed by atoms with van der Waals surface area (Å²) in [5.41, 5.74) is 0. The van der Waals surface area contributed by atoms with E-state index in [1.165, 1.54) is 32.1 Å². The van der Waals surface area contributed by atoms with Crippen LogP contribution in [0.4, 0.5) is 4.79 Å². The Labute approximate surface area is 157 Å². The number of hydrogen-bond acceptors (Lipinski definition) is 3. The fraction of sp³-hybridized carbons (Fsp3) is 0.900. The molecule has 0 radical (unpaired) electrons. The molecule has 1 aliphatic carbocycles. The minimum atomic E-state index is 0.0508. The van der Waals surface area contributed by atoms with Gasteiger partial charge in [-0.05, 0) is 25.2 Å². The third-order valence-corrected chi connectivity index (χ3v) is 6.27. The molecule has 2 saturated heterocycles. The molecule has 0 bridgehead atoms. The number of rotatable bonds is 3. The number of carbonyl (C=O) groups is 2. The Hall–Kier alpha value is -1.30. The first-order valence-electron chi connectivity index (χ1n) is 10.4. The van der Waals surface area contributed by atoms with Crippen LogP contribution in [0.5, 0.6) is 0 Å². The second-order valence-electron chi connectivity index (χ2n) is 8.46. The van der Waals surface area contributed by atoms with Gasteiger partial charge in [-0.25, -0.2) is 4.79 Å². The Balaban J connectivity index is 1.46. The summed E-state index contributed by atoms with van der Waals surface area (Å²) in [4.78, 5) is 30.5. The SMILES string of the molecule is CN(C)C(=O)N1CCC(C(=O)N2CCO[C@@H](CC3CCCCC3)C2)CC1. The van der Waals surface area contributed by atoms with Gasteiger partial charge in [0.25, 0.3) is 0 Å². The number of hydrogen-bond donors (Lipinski definition) is 0. The second-order valence-corrected chi connectivity index (χ2v) is 8.46. The van der Waals surface area contributed by atoms with Crippen LogP contribution in [0.1, 0.15) is 51.4 Å². The molecule has 0 N–H and O–H groups in total. The number of amides is 3. The average molecular weight is 366 g/mol. The number of ether oxygens (including phenoxy) is 1. The number of morpholine rings is 1. The van der Waals surface area contributed by atoms with Crippen LogP contribution in [0.25, 0.3) is 0 Å². The van der Waals surface area contributed by atoms with Crippen LogP contribution < -0.4 is 0 Å². The van der Waals surface area contributed by atoms with E-state index in [2.05, 4.69) is 0 Å². The molecule has 1 atom stereocenters. The lowest BCUT2D eigenvalue weighted by Gasteiger charge is -2.39. The Morgan fingerprint density at radius 2 is 1.65 bits per heavy atom. The molecule has 6 heteroatoms. The first kappa shape index (κ1) is 19.5. The van der Waals surface area contributed by atoms with Gasteiger partial charge in [-0.15, -0.1) is 0 Å². The highest BCUT2D eigenvalue weighted by Crippen LogP contribution is 2.29. The molecule has 0 aromatic carbocycles. The molecule has 26 heavy (non-hydrogen) atoms. The maximum atomic E-state index is 13.0. The minimum absolute atomic E-state index is 0.0508. The van der Waals surface area contributed by atoms with Gasteiger partial charge in [-0.1, -0.05) is 32.1 Å². The van der Waals surface area contributed by atoms with Crippen LogP contribution in [-0.4, -0.2) is 79.6 Å². The van der Waals surface area contributed by atoms with Crippen LogP contribution in [-0.2, 0) is 9.53 Å². The van der Waals surface area contributed by atoms with Gasteiger partial charge >= 0.3 is 6.03 Å². The lowest BCUT2D eigenvalue weighted by molar-refractivity contribution is -0.145. The van der Waals surface area contributed by atoms with Crippen LogP contribution in [0, 0.1) is 11.8 Å². The third kappa shape index (κ3) is 4.90. The van der Waals surface area contributed by atoms with E-state index in [4.69, 9.17) is 4.74 Å². The van der Waals surface area contributed by atoms with Crippen molar-refractivity contribution in [2.24, 2.45) is 11.8 Å². The first-order valence-corrected chi connectivity index (χ1v) is 10.4. The zero-order chi connectivity index (χ0) is 18.5. The van der Waals surface area contributed by atoms with Crippen LogP contribution >= 0.6 is 0 Å². The smallest absolute Gasteiger partial charge is 0.319 e. The number of likely N-dealkylation sites (tertiary alicyclic amines) is 1. The lowest BCUT2D eigenvalue weighted by Crippen LogP contribution is -2.51. The normalized spacial score (nSPS) is 26.0. The minimum Gasteiger partial charge on any atom is -0.375 e. The van der Waals surface area contributed by atoms with Crippen LogP contribution in [0.3, 0.4) is 0 Å². The van der Waals surface area contributed by atoms with Crippen molar-refractivity contribution in [1.29, 1.82) is 0 Å². The van der Waals surface area contributed by atoms with E-state index in [9.17, 15) is 9.59 Å². The van der Waals surface area contributed by atoms with Crippen molar-refractivity contribution in [3.8, 4) is 0 Å². The molecular formula is C20H35N3O3. The largest absolute Gasteiger partial charge is 0.375 e. The van der Waals surface area contributed by atoms with Crippen molar-refractivity contribution in [3.63, 3.8) is 0 Å². The Bertz CT molecular complexity index is 483. The molecule has 0 unspecified atom stereocenters. The van der Waals surface area contributed by atoms with Gasteiger partial charge in [0.05, 0.1) is 12.7 Å². The van der Waals surface area contributed by atoms with E-state index in [0.29, 0.717) is 19.7 Å². The summed E-state index contributed by atoms with van der Waals surface area (Å²) >= 11 is 0. The van der Waals surface area contributed by atoms with E-state index in [-0.39, 0.29) is 24.0 Å². The second kappa shape index (κ2) is 9.07. The van der Waals surface area contributed by atoms with E-state index in [1.807, 2.05) is 9.80 Å². The predicted octanol–water partition coefficient (Wildman–Crippen LogP) is 2.58. The number of urea groups is 1. The molecule has 3 fully saturated rings. The van der Waals surface area contributed by atoms with E-state index >= 15 is 0 Å². The fourth-order valence-corrected chi connectivity index (χ4v) is 4.72. The molecule has 0 aromatic rings. The standard InChI is InChI=1S/C20H35N3O3/c1-21(2)20(25)22-10-8-17(9-11-22)19(24)23-12-13-26-18(15-23)14-16-6-4-3-5-7-16/h16-18H,3-15H2,1-2H3/t18-/m0/s1. The summed E-state index contributed by atoms with van der Waals surface area (Å²) in [6, 6.07) is 0.0508. The maximum Gasteiger partial charge on any atom is 0.319 e. The summed E-state index contributed by atoms with van der Waals surface area (Å²) in [5, 5.41) is 0. The average Bonchev–Trinajstić information content (AvgIpc) is 2.68. The summed E-state index contributed by atoms with van der Waals surface area (Å²) in [6.45, 7) is 3.51. The van der Waals surface area contributed by atoms with Crippen molar-refractivity contribution in [2.45, 2.75) is 57.5 Å². The van der Waals surface area contributed by atoms with Gasteiger partial charge in [0.15, 0.2) is 0 Å². The summed E-state index contributed by atoms with van der Waals surface area (Å²) < 4.78 is 5.97. The molecule has 148 valence electrons. The van der Waals surface area contributed by atoms with Crippen molar-refractivity contribution in [1.82, 2.24) is 14.7 Å². The van der Waals surface area contributed by atoms with Crippen LogP contribution in [0.15, 0.2) is 0 Å². The molecule has 1 saturated carbocycles. The Kier molecular flexibility index (Phi) is 6.79. The van der Waals surface area contributed by atoms with Gasteiger partial charge in [-0.2, -0.15) is 0 Å². The molecule has 3 rings (SSSR count). The summed E-state index contributed by atoms with van der Waals surface area (Å²) in [5.74, 6) is 1.12. The molecular weight excluding hydrogens is 330 g/mol. The molecule has 2 aliphatic heterocycles. The highest BCUT2D eigenvalue weighted by Gasteiger charge is 2.33. The summed E-state index contributed by atoms with van der Waals surface area (Å²) in [7, 11) is 3.56. The zero-order valence-corrected chi connectivity index (χ0v) is 16.5. The van der Waals surface area contributed by atoms with Gasteiger partial charge in [-0.3, -0.25) is 4.79 Å². The predicted molar refractivity (Wildman–Crippen MR) is 101 cm³/mol. The third-order valence-electron chi connectivity index (χ3n) is 6.27. The molecule has 3 amide bonds. The van der Waals surface area contributed by atoms with Gasteiger partial charge in [0.2, 0.25) is 5.91 Å². The zero-order valence-electron chi connectivity index (χ0n) is 16.5. The highest BCUT2D eigenvalue weighted by atomic mass is 16.5. The van der Waals surface area contributed by atoms with E-state index in [0.717, 1.165) is 38.3 Å². The quantitative estimate of drug-likeness (QED) is 0.772. The van der Waals surface area contributed by atoms with Crippen molar-refractivity contribution in [3.05, 3.63) is 0 Å². The van der Waals surface area contributed by atoms with E-state index in [1.54, 1.807) is 19.0 Å². The summed E-state index contributed by atoms with van der Waals surface area (Å²) in [6.07, 6.45) is 9.62. The lowest BCUT2D eigenvalue weighted by atomic mass is 9.85. The van der Waals surface area contributed by atoms with Crippen molar-refractivity contribution < 1.29 is 14.3 Å². The van der Waals surface area contributed by atoms with E-state index < -0.39 is 0 Å². The Morgan fingerprint density at radius 3 is 2.31 bits per heavy atom. The van der Waals surface area contributed by atoms with Gasteiger partial charge in [0, 0.05) is 46.2 Å². The number of piperidine rings is 1. The van der Waals surface area contributed by atoms with Gasteiger partial charge < -0.3 is 19.4 Å². The topological polar surface area (TPSA) is 53.1 Å². The fourth-order valence-electron chi connectivity index (χ4n) is 4.72. The molecule has 0 aromatic heterocycles. The molecule has 6 nitrogen and oxygen atoms in total. The molecule has 3 aliphatic rings. The molecule has 2 heterocycles. The van der Waals surface area contributed by atoms with Crippen LogP contribution in [0.2, 0.25) is 0 Å². The monoisotopic (exact) mass is 365 g/mol. The first-order chi connectivity index (χ1) is 12.5. The number of carbonyl (C=O) groups excluding carboxylic acids is 2. The molecule has 0 spiro atoms. The van der Waals surface area contributed by atoms with Crippen molar-refractivity contribution in [2.75, 3.05) is 46.9 Å². The number of nitrogens with zero attached hydrogens (tertiary/aromatic N) is 3. The van der Waals surface area contributed by atoms with Gasteiger partial charge in [0.1, 0.15) is 0 Å². The maximum absolute atomic E-state index is 13.0. The highest BCUT2D eigenvalue weighted by molar-refractivity contribution is 5.80.